The molecule has 20 heavy (non-hydrogen) atoms. The summed E-state index contributed by atoms with van der Waals surface area (Å²) in [5.74, 6) is 0.361. The lowest BCUT2D eigenvalue weighted by Crippen LogP contribution is -2.59. The summed E-state index contributed by atoms with van der Waals surface area (Å²) in [5.41, 5.74) is 0.704. The van der Waals surface area contributed by atoms with Crippen LogP contribution in [0.5, 0.6) is 5.88 Å². The second-order valence-electron chi connectivity index (χ2n) is 5.15. The summed E-state index contributed by atoms with van der Waals surface area (Å²) in [6, 6.07) is 4.91. The Morgan fingerprint density at radius 3 is 2.85 bits per heavy atom. The normalized spacial score (nSPS) is 19.2. The maximum atomic E-state index is 12.3. The summed E-state index contributed by atoms with van der Waals surface area (Å²) in [5, 5.41) is 2.73. The van der Waals surface area contributed by atoms with Crippen LogP contribution in [0.15, 0.2) is 18.2 Å². The fraction of sp³-hybridized carbons (Fsp3) is 0.500. The highest BCUT2D eigenvalue weighted by Crippen LogP contribution is 2.14. The summed E-state index contributed by atoms with van der Waals surface area (Å²) in [4.78, 5) is 29.8. The molecule has 2 rings (SSSR count). The van der Waals surface area contributed by atoms with Gasteiger partial charge < -0.3 is 15.0 Å². The highest BCUT2D eigenvalue weighted by molar-refractivity contribution is 5.94. The molecule has 0 spiro atoms. The molecule has 0 aliphatic carbocycles. The minimum Gasteiger partial charge on any atom is -0.481 e. The predicted octanol–water partition coefficient (Wildman–Crippen LogP) is 0.573. The molecule has 1 aromatic heterocycles. The van der Waals surface area contributed by atoms with Gasteiger partial charge in [-0.15, -0.1) is 0 Å². The van der Waals surface area contributed by atoms with Crippen molar-refractivity contribution in [2.75, 3.05) is 13.7 Å². The monoisotopic (exact) mass is 277 g/mol. The molecule has 1 unspecified atom stereocenters. The Kier molecular flexibility index (Phi) is 4.22. The van der Waals surface area contributed by atoms with E-state index in [2.05, 4.69) is 10.3 Å². The van der Waals surface area contributed by atoms with Gasteiger partial charge in [-0.25, -0.2) is 4.98 Å². The summed E-state index contributed by atoms with van der Waals surface area (Å²) in [6.07, 6.45) is 0. The molecule has 0 saturated carbocycles. The number of hydrogen-bond acceptors (Lipinski definition) is 4. The molecule has 0 radical (unpaired) electrons. The van der Waals surface area contributed by atoms with E-state index in [4.69, 9.17) is 4.74 Å². The van der Waals surface area contributed by atoms with Gasteiger partial charge in [0.05, 0.1) is 19.3 Å². The van der Waals surface area contributed by atoms with Crippen LogP contribution in [0.4, 0.5) is 0 Å². The van der Waals surface area contributed by atoms with Crippen molar-refractivity contribution in [3.8, 4) is 5.88 Å². The van der Waals surface area contributed by atoms with Gasteiger partial charge in [0, 0.05) is 6.07 Å². The van der Waals surface area contributed by atoms with Gasteiger partial charge in [-0.1, -0.05) is 19.9 Å². The summed E-state index contributed by atoms with van der Waals surface area (Å²) in [6.45, 7) is 4.21. The van der Waals surface area contributed by atoms with Crippen molar-refractivity contribution in [2.24, 2.45) is 5.92 Å². The van der Waals surface area contributed by atoms with Crippen LogP contribution < -0.4 is 10.1 Å². The van der Waals surface area contributed by atoms with Gasteiger partial charge in [0.15, 0.2) is 0 Å². The van der Waals surface area contributed by atoms with Crippen molar-refractivity contribution in [2.45, 2.75) is 26.4 Å². The molecule has 2 amide bonds. The van der Waals surface area contributed by atoms with Gasteiger partial charge in [0.2, 0.25) is 17.7 Å². The van der Waals surface area contributed by atoms with Crippen molar-refractivity contribution in [3.63, 3.8) is 0 Å². The zero-order valence-electron chi connectivity index (χ0n) is 11.9. The number of methoxy groups -OCH3 is 1. The maximum Gasteiger partial charge on any atom is 0.246 e. The number of ether oxygens (including phenoxy) is 1. The smallest absolute Gasteiger partial charge is 0.246 e. The standard InChI is InChI=1S/C14H19N3O3/c1-9(2)13-14(19)17(8-11(18)16-13)7-10-5-4-6-12(15-10)20-3/h4-6,9,13H,7-8H2,1-3H3,(H,16,18). The average Bonchev–Trinajstić information content (AvgIpc) is 2.42. The Labute approximate surface area is 118 Å². The number of rotatable bonds is 4. The lowest BCUT2D eigenvalue weighted by Gasteiger charge is -2.34. The first-order chi connectivity index (χ1) is 9.51. The first-order valence-electron chi connectivity index (χ1n) is 6.59. The topological polar surface area (TPSA) is 71.5 Å². The fourth-order valence-corrected chi connectivity index (χ4v) is 2.17. The molecule has 2 heterocycles. The SMILES string of the molecule is COc1cccc(CN2CC(=O)NC(C(C)C)C2=O)n1. The minimum absolute atomic E-state index is 0.0625. The van der Waals surface area contributed by atoms with Gasteiger partial charge in [-0.2, -0.15) is 0 Å². The number of aromatic nitrogens is 1. The lowest BCUT2D eigenvalue weighted by atomic mass is 10.0. The van der Waals surface area contributed by atoms with E-state index in [1.807, 2.05) is 26.0 Å². The molecule has 1 aliphatic rings. The maximum absolute atomic E-state index is 12.3. The Bertz CT molecular complexity index is 516. The minimum atomic E-state index is -0.457. The van der Waals surface area contributed by atoms with Crippen LogP contribution in [0, 0.1) is 5.92 Å². The number of carbonyl (C=O) groups is 2. The number of carbonyl (C=O) groups excluding carboxylic acids is 2. The summed E-state index contributed by atoms with van der Waals surface area (Å²) >= 11 is 0. The molecule has 1 atom stereocenters. The van der Waals surface area contributed by atoms with E-state index in [-0.39, 0.29) is 24.3 Å². The average molecular weight is 277 g/mol. The fourth-order valence-electron chi connectivity index (χ4n) is 2.17. The van der Waals surface area contributed by atoms with E-state index in [1.54, 1.807) is 13.2 Å². The van der Waals surface area contributed by atoms with E-state index in [0.717, 1.165) is 0 Å². The number of nitrogens with one attached hydrogen (secondary N) is 1. The Morgan fingerprint density at radius 1 is 1.45 bits per heavy atom. The highest BCUT2D eigenvalue weighted by atomic mass is 16.5. The Morgan fingerprint density at radius 2 is 2.20 bits per heavy atom. The van der Waals surface area contributed by atoms with Crippen LogP contribution in [0.1, 0.15) is 19.5 Å². The van der Waals surface area contributed by atoms with Gasteiger partial charge >= 0.3 is 0 Å². The highest BCUT2D eigenvalue weighted by Gasteiger charge is 2.34. The molecule has 1 saturated heterocycles. The second kappa shape index (κ2) is 5.90. The first-order valence-corrected chi connectivity index (χ1v) is 6.59. The lowest BCUT2D eigenvalue weighted by molar-refractivity contribution is -0.146. The number of piperazine rings is 1. The van der Waals surface area contributed by atoms with Crippen molar-refractivity contribution >= 4 is 11.8 Å². The van der Waals surface area contributed by atoms with Crippen LogP contribution in [0.2, 0.25) is 0 Å². The molecule has 1 fully saturated rings. The molecule has 1 aromatic rings. The number of pyridine rings is 1. The number of hydrogen-bond donors (Lipinski definition) is 1. The third-order valence-electron chi connectivity index (χ3n) is 3.24. The molecular formula is C14H19N3O3. The molecule has 1 N–H and O–H groups in total. The van der Waals surface area contributed by atoms with Crippen molar-refractivity contribution in [1.82, 2.24) is 15.2 Å². The summed E-state index contributed by atoms with van der Waals surface area (Å²) < 4.78 is 5.06. The number of nitrogens with zero attached hydrogens (tertiary/aromatic N) is 2. The van der Waals surface area contributed by atoms with Crippen LogP contribution in [-0.4, -0.2) is 41.4 Å². The zero-order valence-corrected chi connectivity index (χ0v) is 11.9. The molecule has 0 aromatic carbocycles. The van der Waals surface area contributed by atoms with Crippen LogP contribution in [0.3, 0.4) is 0 Å². The third kappa shape index (κ3) is 3.07. The third-order valence-corrected chi connectivity index (χ3v) is 3.24. The first kappa shape index (κ1) is 14.3. The van der Waals surface area contributed by atoms with Crippen LogP contribution >= 0.6 is 0 Å². The van der Waals surface area contributed by atoms with E-state index in [9.17, 15) is 9.59 Å². The van der Waals surface area contributed by atoms with Gasteiger partial charge in [-0.3, -0.25) is 9.59 Å². The zero-order chi connectivity index (χ0) is 14.7. The second-order valence-corrected chi connectivity index (χ2v) is 5.15. The molecule has 0 bridgehead atoms. The molecule has 108 valence electrons. The van der Waals surface area contributed by atoms with E-state index < -0.39 is 6.04 Å². The van der Waals surface area contributed by atoms with Crippen LogP contribution in [0.25, 0.3) is 0 Å². The quantitative estimate of drug-likeness (QED) is 0.873. The number of amides is 2. The largest absolute Gasteiger partial charge is 0.481 e. The molecule has 1 aliphatic heterocycles. The van der Waals surface area contributed by atoms with Gasteiger partial charge in [0.1, 0.15) is 12.6 Å². The van der Waals surface area contributed by atoms with Gasteiger partial charge in [0.25, 0.3) is 0 Å². The van der Waals surface area contributed by atoms with Crippen molar-refractivity contribution in [1.29, 1.82) is 0 Å². The van der Waals surface area contributed by atoms with Crippen molar-refractivity contribution < 1.29 is 14.3 Å². The van der Waals surface area contributed by atoms with E-state index in [1.165, 1.54) is 4.90 Å². The van der Waals surface area contributed by atoms with E-state index in [0.29, 0.717) is 18.1 Å². The Hall–Kier alpha value is -2.11. The van der Waals surface area contributed by atoms with Crippen LogP contribution in [-0.2, 0) is 16.1 Å². The summed E-state index contributed by atoms with van der Waals surface area (Å²) in [7, 11) is 1.54. The van der Waals surface area contributed by atoms with Crippen molar-refractivity contribution in [3.05, 3.63) is 23.9 Å². The molecule has 6 nitrogen and oxygen atoms in total. The molecule has 6 heteroatoms. The van der Waals surface area contributed by atoms with E-state index >= 15 is 0 Å². The molecular weight excluding hydrogens is 258 g/mol. The Balaban J connectivity index is 2.14. The van der Waals surface area contributed by atoms with Gasteiger partial charge in [-0.05, 0) is 12.0 Å². The predicted molar refractivity (Wildman–Crippen MR) is 73.0 cm³/mol.